The van der Waals surface area contributed by atoms with Crippen LogP contribution in [0.25, 0.3) is 0 Å². The van der Waals surface area contributed by atoms with E-state index < -0.39 is 0 Å². The number of amides is 2. The predicted molar refractivity (Wildman–Crippen MR) is 74.8 cm³/mol. The lowest BCUT2D eigenvalue weighted by atomic mass is 9.94. The van der Waals surface area contributed by atoms with Gasteiger partial charge in [-0.15, -0.1) is 0 Å². The summed E-state index contributed by atoms with van der Waals surface area (Å²) in [4.78, 5) is 16.1. The van der Waals surface area contributed by atoms with Gasteiger partial charge in [0, 0.05) is 19.1 Å². The first kappa shape index (κ1) is 12.5. The van der Waals surface area contributed by atoms with E-state index in [0.29, 0.717) is 6.04 Å². The van der Waals surface area contributed by atoms with Crippen LogP contribution in [0.5, 0.6) is 0 Å². The zero-order chi connectivity index (χ0) is 13.2. The van der Waals surface area contributed by atoms with Crippen LogP contribution in [0, 0.1) is 0 Å². The fourth-order valence-electron chi connectivity index (χ4n) is 3.55. The van der Waals surface area contributed by atoms with Crippen LogP contribution in [-0.4, -0.2) is 47.5 Å². The van der Waals surface area contributed by atoms with Gasteiger partial charge in [-0.3, -0.25) is 4.90 Å². The highest BCUT2D eigenvalue weighted by Gasteiger charge is 2.40. The van der Waals surface area contributed by atoms with Crippen LogP contribution >= 0.6 is 0 Å². The highest BCUT2D eigenvalue weighted by molar-refractivity contribution is 5.72. The maximum atomic E-state index is 11.7. The van der Waals surface area contributed by atoms with Crippen molar-refractivity contribution in [3.8, 4) is 0 Å². The first-order valence-corrected chi connectivity index (χ1v) is 7.10. The van der Waals surface area contributed by atoms with Crippen LogP contribution in [0.4, 0.5) is 4.79 Å². The van der Waals surface area contributed by atoms with Gasteiger partial charge in [-0.1, -0.05) is 30.3 Å². The molecule has 2 unspecified atom stereocenters. The molecule has 2 fully saturated rings. The average Bonchev–Trinajstić information content (AvgIpc) is 2.88. The Morgan fingerprint density at radius 2 is 2.00 bits per heavy atom. The summed E-state index contributed by atoms with van der Waals surface area (Å²) in [5, 5.41) is 0. The van der Waals surface area contributed by atoms with E-state index in [9.17, 15) is 4.79 Å². The Kier molecular flexibility index (Phi) is 3.42. The number of hydrogen-bond donors (Lipinski definition) is 1. The van der Waals surface area contributed by atoms with Crippen LogP contribution in [0.1, 0.15) is 18.4 Å². The van der Waals surface area contributed by atoms with Crippen molar-refractivity contribution >= 4 is 6.03 Å². The molecular formula is C15H21N3O. The van der Waals surface area contributed by atoms with Crippen molar-refractivity contribution in [3.05, 3.63) is 35.9 Å². The lowest BCUT2D eigenvalue weighted by Crippen LogP contribution is -2.60. The summed E-state index contributed by atoms with van der Waals surface area (Å²) in [7, 11) is 0. The van der Waals surface area contributed by atoms with E-state index in [4.69, 9.17) is 5.73 Å². The average molecular weight is 259 g/mol. The molecule has 1 aromatic rings. The quantitative estimate of drug-likeness (QED) is 0.874. The minimum atomic E-state index is -0.271. The Morgan fingerprint density at radius 3 is 2.74 bits per heavy atom. The number of fused-ring (bicyclic) bond motifs is 1. The molecule has 2 atom stereocenters. The topological polar surface area (TPSA) is 49.6 Å². The molecule has 0 aromatic heterocycles. The maximum absolute atomic E-state index is 11.7. The van der Waals surface area contributed by atoms with Gasteiger partial charge in [-0.25, -0.2) is 4.79 Å². The maximum Gasteiger partial charge on any atom is 0.315 e. The summed E-state index contributed by atoms with van der Waals surface area (Å²) in [5.41, 5.74) is 6.85. The summed E-state index contributed by atoms with van der Waals surface area (Å²) in [6.07, 6.45) is 3.33. The van der Waals surface area contributed by atoms with Crippen molar-refractivity contribution in [3.63, 3.8) is 0 Å². The van der Waals surface area contributed by atoms with Crippen LogP contribution in [0.15, 0.2) is 30.3 Å². The minimum absolute atomic E-state index is 0.233. The number of carbonyl (C=O) groups is 1. The Balaban J connectivity index is 1.82. The number of nitrogens with two attached hydrogens (primary N) is 1. The molecule has 0 bridgehead atoms. The molecular weight excluding hydrogens is 238 g/mol. The molecule has 4 heteroatoms. The highest BCUT2D eigenvalue weighted by Crippen LogP contribution is 2.28. The molecule has 19 heavy (non-hydrogen) atoms. The van der Waals surface area contributed by atoms with Crippen LogP contribution in [0.3, 0.4) is 0 Å². The molecule has 2 aliphatic rings. The second-order valence-electron chi connectivity index (χ2n) is 5.53. The Morgan fingerprint density at radius 1 is 1.21 bits per heavy atom. The molecule has 2 saturated heterocycles. The van der Waals surface area contributed by atoms with Crippen molar-refractivity contribution in [1.82, 2.24) is 9.80 Å². The van der Waals surface area contributed by atoms with E-state index in [1.165, 1.54) is 24.9 Å². The summed E-state index contributed by atoms with van der Waals surface area (Å²) >= 11 is 0. The van der Waals surface area contributed by atoms with Crippen molar-refractivity contribution in [2.75, 3.05) is 19.6 Å². The number of nitrogens with zero attached hydrogens (tertiary/aromatic N) is 2. The molecule has 2 N–H and O–H groups in total. The Hall–Kier alpha value is -1.55. The highest BCUT2D eigenvalue weighted by atomic mass is 16.2. The summed E-state index contributed by atoms with van der Waals surface area (Å²) in [6.45, 7) is 2.91. The van der Waals surface area contributed by atoms with E-state index in [2.05, 4.69) is 29.2 Å². The van der Waals surface area contributed by atoms with Gasteiger partial charge in [-0.2, -0.15) is 0 Å². The molecule has 2 amide bonds. The molecule has 0 spiro atoms. The standard InChI is InChI=1S/C15H21N3O/c16-15(19)18-10-9-17-8-4-7-13(17)14(18)11-12-5-2-1-3-6-12/h1-3,5-6,13-14H,4,7-11H2,(H2,16,19). The van der Waals surface area contributed by atoms with Gasteiger partial charge in [0.25, 0.3) is 0 Å². The molecule has 2 aliphatic heterocycles. The van der Waals surface area contributed by atoms with E-state index in [1.807, 2.05) is 11.0 Å². The summed E-state index contributed by atoms with van der Waals surface area (Å²) in [5.74, 6) is 0. The minimum Gasteiger partial charge on any atom is -0.351 e. The van der Waals surface area contributed by atoms with Crippen molar-refractivity contribution in [2.45, 2.75) is 31.3 Å². The number of hydrogen-bond acceptors (Lipinski definition) is 2. The predicted octanol–water partition coefficient (Wildman–Crippen LogP) is 1.46. The lowest BCUT2D eigenvalue weighted by Gasteiger charge is -2.44. The largest absolute Gasteiger partial charge is 0.351 e. The second-order valence-corrected chi connectivity index (χ2v) is 5.53. The fraction of sp³-hybridized carbons (Fsp3) is 0.533. The zero-order valence-corrected chi connectivity index (χ0v) is 11.2. The van der Waals surface area contributed by atoms with Crippen molar-refractivity contribution < 1.29 is 4.79 Å². The zero-order valence-electron chi connectivity index (χ0n) is 11.2. The van der Waals surface area contributed by atoms with E-state index in [0.717, 1.165) is 19.5 Å². The van der Waals surface area contributed by atoms with Crippen molar-refractivity contribution in [2.24, 2.45) is 5.73 Å². The van der Waals surface area contributed by atoms with E-state index >= 15 is 0 Å². The number of rotatable bonds is 2. The molecule has 1 aromatic carbocycles. The first-order valence-electron chi connectivity index (χ1n) is 7.10. The molecule has 0 saturated carbocycles. The van der Waals surface area contributed by atoms with E-state index in [1.54, 1.807) is 0 Å². The molecule has 3 rings (SSSR count). The second kappa shape index (κ2) is 5.21. The van der Waals surface area contributed by atoms with E-state index in [-0.39, 0.29) is 12.1 Å². The van der Waals surface area contributed by atoms with Gasteiger partial charge < -0.3 is 10.6 Å². The number of primary amides is 1. The third-order valence-corrected chi connectivity index (χ3v) is 4.46. The lowest BCUT2D eigenvalue weighted by molar-refractivity contribution is 0.0687. The van der Waals surface area contributed by atoms with Gasteiger partial charge >= 0.3 is 6.03 Å². The molecule has 0 radical (unpaired) electrons. The number of benzene rings is 1. The fourth-order valence-corrected chi connectivity index (χ4v) is 3.55. The first-order chi connectivity index (χ1) is 9.25. The monoisotopic (exact) mass is 259 g/mol. The van der Waals surface area contributed by atoms with Crippen LogP contribution in [0.2, 0.25) is 0 Å². The molecule has 102 valence electrons. The van der Waals surface area contributed by atoms with Crippen LogP contribution in [-0.2, 0) is 6.42 Å². The van der Waals surface area contributed by atoms with Gasteiger partial charge in [0.15, 0.2) is 0 Å². The van der Waals surface area contributed by atoms with Crippen LogP contribution < -0.4 is 5.73 Å². The normalized spacial score (nSPS) is 27.3. The molecule has 0 aliphatic carbocycles. The van der Waals surface area contributed by atoms with Gasteiger partial charge in [-0.05, 0) is 31.4 Å². The smallest absolute Gasteiger partial charge is 0.315 e. The Bertz CT molecular complexity index is 448. The SMILES string of the molecule is NC(=O)N1CCN2CCCC2C1Cc1ccccc1. The number of urea groups is 1. The molecule has 2 heterocycles. The molecule has 4 nitrogen and oxygen atoms in total. The number of piperazine rings is 1. The third kappa shape index (κ3) is 2.45. The summed E-state index contributed by atoms with van der Waals surface area (Å²) in [6, 6.07) is 10.8. The van der Waals surface area contributed by atoms with Gasteiger partial charge in [0.1, 0.15) is 0 Å². The van der Waals surface area contributed by atoms with Crippen molar-refractivity contribution in [1.29, 1.82) is 0 Å². The Labute approximate surface area is 114 Å². The number of carbonyl (C=O) groups excluding carboxylic acids is 1. The third-order valence-electron chi connectivity index (χ3n) is 4.46. The van der Waals surface area contributed by atoms with Gasteiger partial charge in [0.2, 0.25) is 0 Å². The summed E-state index contributed by atoms with van der Waals surface area (Å²) < 4.78 is 0. The van der Waals surface area contributed by atoms with Gasteiger partial charge in [0.05, 0.1) is 6.04 Å².